The molecule has 0 bridgehead atoms. The van der Waals surface area contributed by atoms with E-state index in [2.05, 4.69) is 24.3 Å². The lowest BCUT2D eigenvalue weighted by atomic mass is 9.84. The van der Waals surface area contributed by atoms with Crippen LogP contribution in [0.2, 0.25) is 0 Å². The Labute approximate surface area is 124 Å². The molecule has 0 radical (unpaired) electrons. The molecule has 0 amide bonds. The number of fused-ring (bicyclic) bond motifs is 2. The summed E-state index contributed by atoms with van der Waals surface area (Å²) in [6.07, 6.45) is 7.03. The molecule has 20 heavy (non-hydrogen) atoms. The van der Waals surface area contributed by atoms with Crippen molar-refractivity contribution in [2.24, 2.45) is 5.73 Å². The van der Waals surface area contributed by atoms with Crippen molar-refractivity contribution in [2.75, 3.05) is 0 Å². The zero-order valence-electron chi connectivity index (χ0n) is 11.6. The molecule has 0 fully saturated rings. The highest BCUT2D eigenvalue weighted by Gasteiger charge is 2.27. The van der Waals surface area contributed by atoms with Gasteiger partial charge in [-0.05, 0) is 49.7 Å². The van der Waals surface area contributed by atoms with Crippen LogP contribution in [0.5, 0.6) is 0 Å². The van der Waals surface area contributed by atoms with Gasteiger partial charge in [-0.25, -0.2) is 4.98 Å². The summed E-state index contributed by atoms with van der Waals surface area (Å²) in [5, 5.41) is 1.34. The predicted octanol–water partition coefficient (Wildman–Crippen LogP) is 3.75. The van der Waals surface area contributed by atoms with Crippen molar-refractivity contribution in [3.8, 4) is 0 Å². The Morgan fingerprint density at radius 2 is 1.95 bits per heavy atom. The average molecular weight is 284 g/mol. The van der Waals surface area contributed by atoms with Gasteiger partial charge in [-0.3, -0.25) is 0 Å². The van der Waals surface area contributed by atoms with Gasteiger partial charge in [0.1, 0.15) is 0 Å². The molecule has 2 aliphatic rings. The lowest BCUT2D eigenvalue weighted by Crippen LogP contribution is -2.15. The van der Waals surface area contributed by atoms with E-state index in [4.69, 9.17) is 10.7 Å². The van der Waals surface area contributed by atoms with Crippen LogP contribution in [0.25, 0.3) is 0 Å². The van der Waals surface area contributed by atoms with Crippen LogP contribution in [-0.2, 0) is 19.3 Å². The van der Waals surface area contributed by atoms with E-state index in [1.807, 2.05) is 11.3 Å². The maximum absolute atomic E-state index is 6.24. The Hall–Kier alpha value is -1.19. The molecule has 0 spiro atoms. The van der Waals surface area contributed by atoms with Gasteiger partial charge in [-0.15, -0.1) is 11.3 Å². The van der Waals surface area contributed by atoms with Crippen LogP contribution in [0, 0.1) is 0 Å². The minimum atomic E-state index is 0.237. The second kappa shape index (κ2) is 4.97. The minimum Gasteiger partial charge on any atom is -0.323 e. The highest BCUT2D eigenvalue weighted by Crippen LogP contribution is 2.39. The number of thiazole rings is 1. The fourth-order valence-corrected chi connectivity index (χ4v) is 4.84. The van der Waals surface area contributed by atoms with Crippen LogP contribution < -0.4 is 5.73 Å². The number of nitrogens with two attached hydrogens (primary N) is 1. The van der Waals surface area contributed by atoms with Gasteiger partial charge in [0, 0.05) is 16.8 Å². The topological polar surface area (TPSA) is 38.9 Å². The van der Waals surface area contributed by atoms with E-state index in [1.54, 1.807) is 0 Å². The number of hydrogen-bond acceptors (Lipinski definition) is 3. The quantitative estimate of drug-likeness (QED) is 0.866. The molecule has 104 valence electrons. The smallest absolute Gasteiger partial charge is 0.0966 e. The fourth-order valence-electron chi connectivity index (χ4n) is 3.55. The number of benzene rings is 1. The monoisotopic (exact) mass is 284 g/mol. The van der Waals surface area contributed by atoms with Gasteiger partial charge in [0.25, 0.3) is 0 Å². The zero-order valence-corrected chi connectivity index (χ0v) is 12.5. The van der Waals surface area contributed by atoms with E-state index in [9.17, 15) is 0 Å². The van der Waals surface area contributed by atoms with E-state index < -0.39 is 0 Å². The number of aromatic nitrogens is 1. The van der Waals surface area contributed by atoms with Crippen molar-refractivity contribution < 1.29 is 0 Å². The zero-order chi connectivity index (χ0) is 13.5. The molecule has 3 heteroatoms. The van der Waals surface area contributed by atoms with Gasteiger partial charge < -0.3 is 5.73 Å². The first-order chi connectivity index (χ1) is 9.81. The summed E-state index contributed by atoms with van der Waals surface area (Å²) in [4.78, 5) is 6.30. The molecule has 2 unspecified atom stereocenters. The molecule has 0 aliphatic heterocycles. The molecule has 4 rings (SSSR count). The van der Waals surface area contributed by atoms with Crippen molar-refractivity contribution in [3.63, 3.8) is 0 Å². The molecule has 2 N–H and O–H groups in total. The third-order valence-electron chi connectivity index (χ3n) is 4.71. The van der Waals surface area contributed by atoms with Gasteiger partial charge in [0.05, 0.1) is 10.7 Å². The minimum absolute atomic E-state index is 0.237. The highest BCUT2D eigenvalue weighted by atomic mass is 32.1. The normalized spacial score (nSPS) is 25.1. The first-order valence-corrected chi connectivity index (χ1v) is 8.45. The largest absolute Gasteiger partial charge is 0.323 e. The first-order valence-electron chi connectivity index (χ1n) is 7.63. The number of rotatable bonds is 1. The van der Waals surface area contributed by atoms with E-state index in [0.717, 1.165) is 19.3 Å². The van der Waals surface area contributed by atoms with Crippen molar-refractivity contribution in [2.45, 2.75) is 50.5 Å². The summed E-state index contributed by atoms with van der Waals surface area (Å²) in [6, 6.07) is 9.10. The lowest BCUT2D eigenvalue weighted by molar-refractivity contribution is 0.563. The summed E-state index contributed by atoms with van der Waals surface area (Å²) < 4.78 is 0. The van der Waals surface area contributed by atoms with Crippen molar-refractivity contribution in [3.05, 3.63) is 51.0 Å². The van der Waals surface area contributed by atoms with Gasteiger partial charge in [-0.1, -0.05) is 24.3 Å². The Balaban J connectivity index is 1.63. The second-order valence-corrected chi connectivity index (χ2v) is 7.13. The summed E-state index contributed by atoms with van der Waals surface area (Å²) >= 11 is 1.89. The van der Waals surface area contributed by atoms with Gasteiger partial charge in [0.2, 0.25) is 0 Å². The first kappa shape index (κ1) is 12.5. The second-order valence-electron chi connectivity index (χ2n) is 6.07. The highest BCUT2D eigenvalue weighted by molar-refractivity contribution is 7.12. The van der Waals surface area contributed by atoms with Crippen molar-refractivity contribution in [1.29, 1.82) is 0 Å². The van der Waals surface area contributed by atoms with Gasteiger partial charge in [0.15, 0.2) is 0 Å². The fraction of sp³-hybridized carbons (Fsp3) is 0.471. The molecule has 2 aromatic rings. The van der Waals surface area contributed by atoms with Gasteiger partial charge in [-0.2, -0.15) is 0 Å². The predicted molar refractivity (Wildman–Crippen MR) is 83.2 cm³/mol. The van der Waals surface area contributed by atoms with Crippen LogP contribution in [0.4, 0.5) is 0 Å². The van der Waals surface area contributed by atoms with E-state index >= 15 is 0 Å². The molecule has 1 aromatic carbocycles. The molecule has 1 aromatic heterocycles. The average Bonchev–Trinajstić information content (AvgIpc) is 2.92. The summed E-state index contributed by atoms with van der Waals surface area (Å²) in [5.74, 6) is 0.604. The third kappa shape index (κ3) is 2.09. The van der Waals surface area contributed by atoms with Crippen molar-refractivity contribution >= 4 is 11.3 Å². The molecular weight excluding hydrogens is 264 g/mol. The third-order valence-corrected chi connectivity index (χ3v) is 6.10. The van der Waals surface area contributed by atoms with Crippen LogP contribution in [0.15, 0.2) is 24.3 Å². The molecular formula is C17H20N2S. The van der Waals surface area contributed by atoms with E-state index in [0.29, 0.717) is 5.92 Å². The van der Waals surface area contributed by atoms with Crippen LogP contribution >= 0.6 is 11.3 Å². The SMILES string of the molecule is NC1CCCc2nc(C3CCc4ccccc4C3)sc21. The summed E-state index contributed by atoms with van der Waals surface area (Å²) in [5.41, 5.74) is 10.6. The Bertz CT molecular complexity index is 632. The number of aryl methyl sites for hydroxylation is 2. The lowest BCUT2D eigenvalue weighted by Gasteiger charge is -2.22. The van der Waals surface area contributed by atoms with E-state index in [-0.39, 0.29) is 6.04 Å². The maximum Gasteiger partial charge on any atom is 0.0966 e. The Kier molecular flexibility index (Phi) is 3.12. The molecule has 2 aliphatic carbocycles. The standard InChI is InChI=1S/C17H20N2S/c18-14-6-3-7-15-16(14)20-17(19-15)13-9-8-11-4-1-2-5-12(11)10-13/h1-2,4-5,13-14H,3,6-10,18H2. The summed E-state index contributed by atoms with van der Waals surface area (Å²) in [6.45, 7) is 0. The van der Waals surface area contributed by atoms with Gasteiger partial charge >= 0.3 is 0 Å². The Morgan fingerprint density at radius 1 is 1.10 bits per heavy atom. The van der Waals surface area contributed by atoms with Crippen molar-refractivity contribution in [1.82, 2.24) is 4.98 Å². The molecule has 0 saturated heterocycles. The van der Waals surface area contributed by atoms with Crippen LogP contribution in [0.1, 0.15) is 57.9 Å². The molecule has 0 saturated carbocycles. The molecule has 1 heterocycles. The Morgan fingerprint density at radius 3 is 2.80 bits per heavy atom. The summed E-state index contributed by atoms with van der Waals surface area (Å²) in [7, 11) is 0. The molecule has 2 nitrogen and oxygen atoms in total. The van der Waals surface area contributed by atoms with Crippen LogP contribution in [-0.4, -0.2) is 4.98 Å². The number of hydrogen-bond donors (Lipinski definition) is 1. The van der Waals surface area contributed by atoms with E-state index in [1.165, 1.54) is 46.0 Å². The maximum atomic E-state index is 6.24. The van der Waals surface area contributed by atoms with Crippen LogP contribution in [0.3, 0.4) is 0 Å². The number of nitrogens with zero attached hydrogens (tertiary/aromatic N) is 1. The molecule has 2 atom stereocenters.